The highest BCUT2D eigenvalue weighted by atomic mass is 35.5. The second-order valence-electron chi connectivity index (χ2n) is 4.54. The van der Waals surface area contributed by atoms with Gasteiger partial charge in [0.25, 0.3) is 0 Å². The molecular formula is C14H13ClN4S. The van der Waals surface area contributed by atoms with Gasteiger partial charge >= 0.3 is 0 Å². The number of hydrogen-bond acceptors (Lipinski definition) is 2. The van der Waals surface area contributed by atoms with Gasteiger partial charge in [-0.15, -0.1) is 0 Å². The second-order valence-corrected chi connectivity index (χ2v) is 5.37. The van der Waals surface area contributed by atoms with Crippen LogP contribution in [0.15, 0.2) is 42.6 Å². The van der Waals surface area contributed by atoms with Crippen molar-refractivity contribution in [2.24, 2.45) is 7.05 Å². The van der Waals surface area contributed by atoms with Crippen LogP contribution >= 0.6 is 23.8 Å². The zero-order chi connectivity index (χ0) is 14.1. The molecule has 0 bridgehead atoms. The van der Waals surface area contributed by atoms with Crippen molar-refractivity contribution in [1.29, 1.82) is 0 Å². The van der Waals surface area contributed by atoms with Crippen LogP contribution < -0.4 is 0 Å². The van der Waals surface area contributed by atoms with Gasteiger partial charge in [-0.2, -0.15) is 5.10 Å². The minimum absolute atomic E-state index is 0.580. The fourth-order valence-electron chi connectivity index (χ4n) is 2.15. The van der Waals surface area contributed by atoms with E-state index in [2.05, 4.69) is 20.8 Å². The molecule has 3 rings (SSSR count). The lowest BCUT2D eigenvalue weighted by Gasteiger charge is -2.07. The normalized spacial score (nSPS) is 10.9. The topological polar surface area (TPSA) is 38.5 Å². The van der Waals surface area contributed by atoms with Crippen molar-refractivity contribution in [2.75, 3.05) is 0 Å². The summed E-state index contributed by atoms with van der Waals surface area (Å²) in [5.41, 5.74) is 2.13. The lowest BCUT2D eigenvalue weighted by Crippen LogP contribution is -2.05. The Morgan fingerprint density at radius 1 is 1.25 bits per heavy atom. The molecule has 0 aliphatic carbocycles. The van der Waals surface area contributed by atoms with Crippen LogP contribution in [0.2, 0.25) is 5.02 Å². The summed E-state index contributed by atoms with van der Waals surface area (Å²) in [7, 11) is 2.02. The largest absolute Gasteiger partial charge is 0.354 e. The average molecular weight is 305 g/mol. The summed E-state index contributed by atoms with van der Waals surface area (Å²) >= 11 is 11.2. The minimum atomic E-state index is 0.580. The Labute approximate surface area is 126 Å². The first-order valence-corrected chi connectivity index (χ1v) is 6.96. The molecule has 20 heavy (non-hydrogen) atoms. The van der Waals surface area contributed by atoms with Crippen molar-refractivity contribution >= 4 is 23.8 Å². The lowest BCUT2D eigenvalue weighted by molar-refractivity contribution is 0.806. The lowest BCUT2D eigenvalue weighted by atomic mass is 10.2. The van der Waals surface area contributed by atoms with Gasteiger partial charge in [0.1, 0.15) is 5.82 Å². The zero-order valence-corrected chi connectivity index (χ0v) is 12.4. The Bertz CT molecular complexity index is 782. The van der Waals surface area contributed by atoms with Crippen LogP contribution in [0.3, 0.4) is 0 Å². The molecule has 0 amide bonds. The summed E-state index contributed by atoms with van der Waals surface area (Å²) in [5.74, 6) is 0.874. The molecule has 1 N–H and O–H groups in total. The van der Waals surface area contributed by atoms with Crippen LogP contribution in [-0.4, -0.2) is 19.3 Å². The maximum absolute atomic E-state index is 5.93. The van der Waals surface area contributed by atoms with Crippen molar-refractivity contribution in [2.45, 2.75) is 6.42 Å². The van der Waals surface area contributed by atoms with E-state index in [9.17, 15) is 0 Å². The molecule has 0 spiro atoms. The van der Waals surface area contributed by atoms with Crippen molar-refractivity contribution in [3.63, 3.8) is 0 Å². The number of aryl methyl sites for hydroxylation is 1. The minimum Gasteiger partial charge on any atom is -0.354 e. The molecule has 0 aliphatic rings. The molecule has 6 heteroatoms. The Morgan fingerprint density at radius 2 is 2.00 bits per heavy atom. The van der Waals surface area contributed by atoms with Gasteiger partial charge < -0.3 is 4.57 Å². The maximum Gasteiger partial charge on any atom is 0.199 e. The van der Waals surface area contributed by atoms with Gasteiger partial charge in [-0.25, -0.2) is 0 Å². The van der Waals surface area contributed by atoms with Gasteiger partial charge in [0.05, 0.1) is 0 Å². The number of hydrogen-bond donors (Lipinski definition) is 1. The Balaban J connectivity index is 2.04. The highest BCUT2D eigenvalue weighted by Crippen LogP contribution is 2.17. The molecule has 1 aromatic carbocycles. The van der Waals surface area contributed by atoms with Crippen LogP contribution in [0.25, 0.3) is 5.69 Å². The van der Waals surface area contributed by atoms with E-state index in [0.717, 1.165) is 11.5 Å². The van der Waals surface area contributed by atoms with Crippen molar-refractivity contribution in [3.8, 4) is 5.69 Å². The first kappa shape index (κ1) is 13.1. The van der Waals surface area contributed by atoms with E-state index >= 15 is 0 Å². The predicted molar refractivity (Wildman–Crippen MR) is 82.0 cm³/mol. The smallest absolute Gasteiger partial charge is 0.199 e. The van der Waals surface area contributed by atoms with Crippen LogP contribution in [-0.2, 0) is 13.5 Å². The van der Waals surface area contributed by atoms with E-state index in [1.807, 2.05) is 48.1 Å². The SMILES string of the molecule is Cn1cccc1Cc1n[nH]c(=S)n1-c1ccc(Cl)cc1. The monoisotopic (exact) mass is 304 g/mol. The van der Waals surface area contributed by atoms with Gasteiger partial charge in [0.2, 0.25) is 0 Å². The van der Waals surface area contributed by atoms with E-state index in [1.54, 1.807) is 0 Å². The third-order valence-corrected chi connectivity index (χ3v) is 3.74. The number of aromatic nitrogens is 4. The molecule has 2 aromatic heterocycles. The van der Waals surface area contributed by atoms with Crippen LogP contribution in [0.1, 0.15) is 11.5 Å². The number of rotatable bonds is 3. The van der Waals surface area contributed by atoms with Crippen molar-refractivity contribution in [1.82, 2.24) is 19.3 Å². The summed E-state index contributed by atoms with van der Waals surface area (Å²) < 4.78 is 4.58. The fourth-order valence-corrected chi connectivity index (χ4v) is 2.53. The molecule has 0 atom stereocenters. The fraction of sp³-hybridized carbons (Fsp3) is 0.143. The zero-order valence-electron chi connectivity index (χ0n) is 10.9. The molecule has 102 valence electrons. The quantitative estimate of drug-likeness (QED) is 0.752. The third kappa shape index (κ3) is 2.42. The van der Waals surface area contributed by atoms with E-state index in [0.29, 0.717) is 16.2 Å². The molecule has 0 saturated carbocycles. The van der Waals surface area contributed by atoms with Crippen LogP contribution in [0.4, 0.5) is 0 Å². The second kappa shape index (κ2) is 5.26. The summed E-state index contributed by atoms with van der Waals surface area (Å²) in [5, 5.41) is 7.89. The van der Waals surface area contributed by atoms with E-state index in [4.69, 9.17) is 23.8 Å². The highest BCUT2D eigenvalue weighted by Gasteiger charge is 2.10. The maximum atomic E-state index is 5.93. The summed E-state index contributed by atoms with van der Waals surface area (Å²) in [6, 6.07) is 11.6. The van der Waals surface area contributed by atoms with E-state index in [1.165, 1.54) is 5.69 Å². The van der Waals surface area contributed by atoms with Crippen LogP contribution in [0.5, 0.6) is 0 Å². The summed E-state index contributed by atoms with van der Waals surface area (Å²) in [4.78, 5) is 0. The van der Waals surface area contributed by atoms with Gasteiger partial charge in [-0.3, -0.25) is 9.67 Å². The number of nitrogens with one attached hydrogen (secondary N) is 1. The van der Waals surface area contributed by atoms with Gasteiger partial charge in [-0.05, 0) is 48.6 Å². The summed E-state index contributed by atoms with van der Waals surface area (Å²) in [6.45, 7) is 0. The number of H-pyrrole nitrogens is 1. The van der Waals surface area contributed by atoms with Crippen molar-refractivity contribution < 1.29 is 0 Å². The number of nitrogens with zero attached hydrogens (tertiary/aromatic N) is 3. The van der Waals surface area contributed by atoms with Gasteiger partial charge in [0, 0.05) is 36.1 Å². The average Bonchev–Trinajstić information content (AvgIpc) is 2.99. The number of aromatic amines is 1. The van der Waals surface area contributed by atoms with Gasteiger partial charge in [0.15, 0.2) is 4.77 Å². The Kier molecular flexibility index (Phi) is 3.46. The Hall–Kier alpha value is -1.85. The molecule has 0 radical (unpaired) electrons. The van der Waals surface area contributed by atoms with Gasteiger partial charge in [-0.1, -0.05) is 11.6 Å². The molecule has 0 saturated heterocycles. The van der Waals surface area contributed by atoms with Crippen LogP contribution in [0, 0.1) is 4.77 Å². The molecule has 4 nitrogen and oxygen atoms in total. The standard InChI is InChI=1S/C14H13ClN4S/c1-18-8-2-3-12(18)9-13-16-17-14(20)19(13)11-6-4-10(15)5-7-11/h2-8H,9H2,1H3,(H,17,20). The highest BCUT2D eigenvalue weighted by molar-refractivity contribution is 7.71. The number of halogens is 1. The molecule has 0 unspecified atom stereocenters. The number of benzene rings is 1. The van der Waals surface area contributed by atoms with E-state index in [-0.39, 0.29) is 0 Å². The predicted octanol–water partition coefficient (Wildman–Crippen LogP) is 3.51. The summed E-state index contributed by atoms with van der Waals surface area (Å²) in [6.07, 6.45) is 2.72. The van der Waals surface area contributed by atoms with E-state index < -0.39 is 0 Å². The molecule has 0 aliphatic heterocycles. The first-order chi connectivity index (χ1) is 9.65. The first-order valence-electron chi connectivity index (χ1n) is 6.17. The molecule has 3 aromatic rings. The molecule has 2 heterocycles. The third-order valence-electron chi connectivity index (χ3n) is 3.22. The molecule has 0 fully saturated rings. The Morgan fingerprint density at radius 3 is 2.65 bits per heavy atom. The van der Waals surface area contributed by atoms with Crippen molar-refractivity contribution in [3.05, 3.63) is 63.9 Å². The molecular weight excluding hydrogens is 292 g/mol.